The van der Waals surface area contributed by atoms with Crippen molar-refractivity contribution in [1.29, 1.82) is 0 Å². The highest BCUT2D eigenvalue weighted by Gasteiger charge is 2.31. The third-order valence-electron chi connectivity index (χ3n) is 4.39. The number of methoxy groups -OCH3 is 2. The SMILES string of the molecule is COc1ccc(CSC2=NC(=C(C)C)C(=O)N2Cc2ccc(OC)cc2)cc1. The predicted octanol–water partition coefficient (Wildman–Crippen LogP) is 4.63. The first-order valence-electron chi connectivity index (χ1n) is 8.98. The number of benzene rings is 2. The Hall–Kier alpha value is -2.73. The topological polar surface area (TPSA) is 51.1 Å². The van der Waals surface area contributed by atoms with Crippen LogP contribution in [0.5, 0.6) is 11.5 Å². The van der Waals surface area contributed by atoms with E-state index in [0.29, 0.717) is 12.2 Å². The molecule has 0 N–H and O–H groups in total. The summed E-state index contributed by atoms with van der Waals surface area (Å²) in [6, 6.07) is 15.7. The molecule has 2 aromatic carbocycles. The van der Waals surface area contributed by atoms with Crippen LogP contribution in [0, 0.1) is 0 Å². The van der Waals surface area contributed by atoms with E-state index in [4.69, 9.17) is 9.47 Å². The Morgan fingerprint density at radius 2 is 1.46 bits per heavy atom. The monoisotopic (exact) mass is 396 g/mol. The van der Waals surface area contributed by atoms with Gasteiger partial charge in [-0.1, -0.05) is 36.0 Å². The summed E-state index contributed by atoms with van der Waals surface area (Å²) in [6.07, 6.45) is 0. The lowest BCUT2D eigenvalue weighted by molar-refractivity contribution is -0.123. The van der Waals surface area contributed by atoms with Gasteiger partial charge in [0.05, 0.1) is 20.8 Å². The summed E-state index contributed by atoms with van der Waals surface area (Å²) in [6.45, 7) is 4.31. The van der Waals surface area contributed by atoms with Crippen LogP contribution in [0.3, 0.4) is 0 Å². The minimum atomic E-state index is -0.0481. The Balaban J connectivity index is 1.76. The van der Waals surface area contributed by atoms with Crippen molar-refractivity contribution in [2.24, 2.45) is 4.99 Å². The zero-order valence-corrected chi connectivity index (χ0v) is 17.4. The number of nitrogens with zero attached hydrogens (tertiary/aromatic N) is 2. The number of rotatable bonds is 6. The molecule has 0 aromatic heterocycles. The number of aliphatic imine (C=N–C) groups is 1. The Bertz CT molecular complexity index is 898. The molecule has 0 unspecified atom stereocenters. The molecule has 0 radical (unpaired) electrons. The van der Waals surface area contributed by atoms with Crippen LogP contribution >= 0.6 is 11.8 Å². The summed E-state index contributed by atoms with van der Waals surface area (Å²) in [5.41, 5.74) is 3.63. The van der Waals surface area contributed by atoms with Gasteiger partial charge >= 0.3 is 0 Å². The Labute approximate surface area is 170 Å². The van der Waals surface area contributed by atoms with Crippen molar-refractivity contribution in [3.63, 3.8) is 0 Å². The quantitative estimate of drug-likeness (QED) is 0.668. The van der Waals surface area contributed by atoms with Crippen molar-refractivity contribution >= 4 is 22.8 Å². The summed E-state index contributed by atoms with van der Waals surface area (Å²) < 4.78 is 10.4. The van der Waals surface area contributed by atoms with E-state index >= 15 is 0 Å². The molecule has 1 amide bonds. The number of ether oxygens (including phenoxy) is 2. The number of hydrogen-bond donors (Lipinski definition) is 0. The molecule has 6 heteroatoms. The fourth-order valence-corrected chi connectivity index (χ4v) is 3.72. The molecule has 1 aliphatic rings. The number of hydrogen-bond acceptors (Lipinski definition) is 5. The number of carbonyl (C=O) groups is 1. The van der Waals surface area contributed by atoms with E-state index in [0.717, 1.165) is 39.1 Å². The van der Waals surface area contributed by atoms with E-state index in [2.05, 4.69) is 4.99 Å². The largest absolute Gasteiger partial charge is 0.497 e. The van der Waals surface area contributed by atoms with Gasteiger partial charge in [0, 0.05) is 5.75 Å². The zero-order valence-electron chi connectivity index (χ0n) is 16.6. The maximum atomic E-state index is 12.9. The van der Waals surface area contributed by atoms with Gasteiger partial charge in [-0.25, -0.2) is 4.99 Å². The normalized spacial score (nSPS) is 13.6. The maximum absolute atomic E-state index is 12.9. The molecule has 146 valence electrons. The standard InChI is InChI=1S/C22H24N2O3S/c1-15(2)20-21(25)24(13-16-5-9-18(26-3)10-6-16)22(23-20)28-14-17-7-11-19(27-4)12-8-17/h5-12H,13-14H2,1-4H3. The minimum absolute atomic E-state index is 0.0481. The number of amidine groups is 1. The number of carbonyl (C=O) groups excluding carboxylic acids is 1. The van der Waals surface area contributed by atoms with Gasteiger partial charge in [0.2, 0.25) is 0 Å². The molecule has 0 saturated carbocycles. The maximum Gasteiger partial charge on any atom is 0.278 e. The molecule has 2 aromatic rings. The molecule has 3 rings (SSSR count). The molecular formula is C22H24N2O3S. The molecule has 28 heavy (non-hydrogen) atoms. The molecule has 0 aliphatic carbocycles. The summed E-state index contributed by atoms with van der Waals surface area (Å²) in [7, 11) is 3.29. The van der Waals surface area contributed by atoms with Gasteiger partial charge in [0.1, 0.15) is 17.2 Å². The molecule has 5 nitrogen and oxygen atoms in total. The van der Waals surface area contributed by atoms with Gasteiger partial charge in [-0.05, 0) is 54.8 Å². The molecule has 0 fully saturated rings. The Kier molecular flexibility index (Phi) is 6.41. The van der Waals surface area contributed by atoms with Gasteiger partial charge in [-0.15, -0.1) is 0 Å². The number of amides is 1. The first kappa shape index (κ1) is 20.0. The van der Waals surface area contributed by atoms with Gasteiger partial charge < -0.3 is 9.47 Å². The average molecular weight is 397 g/mol. The molecule has 0 spiro atoms. The smallest absolute Gasteiger partial charge is 0.278 e. The van der Waals surface area contributed by atoms with Crippen LogP contribution in [0.2, 0.25) is 0 Å². The van der Waals surface area contributed by atoms with Crippen LogP contribution in [-0.4, -0.2) is 30.2 Å². The second-order valence-electron chi connectivity index (χ2n) is 6.62. The molecular weight excluding hydrogens is 372 g/mol. The van der Waals surface area contributed by atoms with Crippen molar-refractivity contribution in [2.75, 3.05) is 14.2 Å². The second kappa shape index (κ2) is 8.97. The highest BCUT2D eigenvalue weighted by atomic mass is 32.2. The first-order chi connectivity index (χ1) is 13.5. The zero-order chi connectivity index (χ0) is 20.1. The van der Waals surface area contributed by atoms with Gasteiger partial charge in [-0.2, -0.15) is 0 Å². The third-order valence-corrected chi connectivity index (χ3v) is 5.43. The van der Waals surface area contributed by atoms with Crippen LogP contribution in [0.15, 0.2) is 64.8 Å². The van der Waals surface area contributed by atoms with E-state index in [1.807, 2.05) is 62.4 Å². The van der Waals surface area contributed by atoms with E-state index in [9.17, 15) is 4.79 Å². The van der Waals surface area contributed by atoms with Crippen LogP contribution < -0.4 is 9.47 Å². The molecule has 1 aliphatic heterocycles. The van der Waals surface area contributed by atoms with Crippen LogP contribution in [-0.2, 0) is 17.1 Å². The fraction of sp³-hybridized carbons (Fsp3) is 0.273. The summed E-state index contributed by atoms with van der Waals surface area (Å²) in [5.74, 6) is 2.30. The van der Waals surface area contributed by atoms with Crippen LogP contribution in [0.1, 0.15) is 25.0 Å². The lowest BCUT2D eigenvalue weighted by Crippen LogP contribution is -2.30. The van der Waals surface area contributed by atoms with Crippen molar-refractivity contribution in [1.82, 2.24) is 4.90 Å². The van der Waals surface area contributed by atoms with Crippen molar-refractivity contribution in [2.45, 2.75) is 26.1 Å². The highest BCUT2D eigenvalue weighted by Crippen LogP contribution is 2.28. The predicted molar refractivity (Wildman–Crippen MR) is 114 cm³/mol. The Morgan fingerprint density at radius 3 is 1.96 bits per heavy atom. The van der Waals surface area contributed by atoms with Crippen molar-refractivity contribution < 1.29 is 14.3 Å². The van der Waals surface area contributed by atoms with Gasteiger partial charge in [-0.3, -0.25) is 9.69 Å². The van der Waals surface area contributed by atoms with Crippen molar-refractivity contribution in [3.05, 3.63) is 70.9 Å². The fourth-order valence-electron chi connectivity index (χ4n) is 2.78. The van der Waals surface area contributed by atoms with Crippen LogP contribution in [0.4, 0.5) is 0 Å². The molecule has 0 bridgehead atoms. The summed E-state index contributed by atoms with van der Waals surface area (Å²) in [5, 5.41) is 0.729. The molecule has 0 atom stereocenters. The number of thioether (sulfide) groups is 1. The first-order valence-corrected chi connectivity index (χ1v) is 9.97. The van der Waals surface area contributed by atoms with E-state index in [1.54, 1.807) is 30.9 Å². The van der Waals surface area contributed by atoms with E-state index in [1.165, 1.54) is 0 Å². The lowest BCUT2D eigenvalue weighted by Gasteiger charge is -2.18. The summed E-state index contributed by atoms with van der Waals surface area (Å²) >= 11 is 1.57. The molecule has 0 saturated heterocycles. The van der Waals surface area contributed by atoms with Gasteiger partial charge in [0.25, 0.3) is 5.91 Å². The number of allylic oxidation sites excluding steroid dienone is 1. The van der Waals surface area contributed by atoms with E-state index < -0.39 is 0 Å². The Morgan fingerprint density at radius 1 is 0.929 bits per heavy atom. The second-order valence-corrected chi connectivity index (χ2v) is 7.56. The molecule has 1 heterocycles. The minimum Gasteiger partial charge on any atom is -0.497 e. The third kappa shape index (κ3) is 4.57. The van der Waals surface area contributed by atoms with Crippen LogP contribution in [0.25, 0.3) is 0 Å². The summed E-state index contributed by atoms with van der Waals surface area (Å²) in [4.78, 5) is 19.2. The van der Waals surface area contributed by atoms with Gasteiger partial charge in [0.15, 0.2) is 5.17 Å². The highest BCUT2D eigenvalue weighted by molar-refractivity contribution is 8.13. The van der Waals surface area contributed by atoms with E-state index in [-0.39, 0.29) is 5.91 Å². The lowest BCUT2D eigenvalue weighted by atomic mass is 10.2. The van der Waals surface area contributed by atoms with Crippen molar-refractivity contribution in [3.8, 4) is 11.5 Å². The average Bonchev–Trinajstić information content (AvgIpc) is 3.03.